The van der Waals surface area contributed by atoms with Gasteiger partial charge in [0.2, 0.25) is 5.91 Å². The molecule has 0 aromatic carbocycles. The van der Waals surface area contributed by atoms with Crippen molar-refractivity contribution in [2.45, 2.75) is 38.7 Å². The van der Waals surface area contributed by atoms with E-state index in [1.165, 1.54) is 0 Å². The number of rotatable bonds is 2. The third kappa shape index (κ3) is 2.99. The van der Waals surface area contributed by atoms with Gasteiger partial charge in [0.1, 0.15) is 0 Å². The van der Waals surface area contributed by atoms with Crippen molar-refractivity contribution in [3.05, 3.63) is 0 Å². The minimum Gasteiger partial charge on any atom is -0.393 e. The van der Waals surface area contributed by atoms with E-state index in [9.17, 15) is 9.90 Å². The van der Waals surface area contributed by atoms with Crippen LogP contribution in [0.1, 0.15) is 32.6 Å². The number of nitrogens with one attached hydrogen (secondary N) is 1. The van der Waals surface area contributed by atoms with E-state index in [0.29, 0.717) is 5.91 Å². The molecule has 2 rings (SSSR count). The highest BCUT2D eigenvalue weighted by atomic mass is 16.3. The molecule has 2 fully saturated rings. The van der Waals surface area contributed by atoms with E-state index in [4.69, 9.17) is 0 Å². The molecule has 17 heavy (non-hydrogen) atoms. The first-order chi connectivity index (χ1) is 8.22. The molecule has 4 nitrogen and oxygen atoms in total. The number of likely N-dealkylation sites (tertiary alicyclic amines) is 1. The van der Waals surface area contributed by atoms with Crippen LogP contribution in [0, 0.1) is 11.8 Å². The lowest BCUT2D eigenvalue weighted by Gasteiger charge is -2.38. The molecule has 0 spiro atoms. The fourth-order valence-electron chi connectivity index (χ4n) is 2.95. The Morgan fingerprint density at radius 1 is 1.35 bits per heavy atom. The number of aliphatic hydroxyl groups is 1. The Morgan fingerprint density at radius 2 is 2.06 bits per heavy atom. The normalized spacial score (nSPS) is 31.5. The summed E-state index contributed by atoms with van der Waals surface area (Å²) in [6.45, 7) is 5.50. The average molecular weight is 240 g/mol. The van der Waals surface area contributed by atoms with E-state index in [2.05, 4.69) is 12.2 Å². The lowest BCUT2D eigenvalue weighted by Crippen LogP contribution is -2.49. The highest BCUT2D eigenvalue weighted by Crippen LogP contribution is 2.23. The van der Waals surface area contributed by atoms with Crippen LogP contribution in [0.15, 0.2) is 0 Å². The van der Waals surface area contributed by atoms with Crippen LogP contribution < -0.4 is 5.32 Å². The Labute approximate surface area is 103 Å². The van der Waals surface area contributed by atoms with Crippen molar-refractivity contribution < 1.29 is 9.90 Å². The maximum atomic E-state index is 12.3. The lowest BCUT2D eigenvalue weighted by atomic mass is 9.90. The monoisotopic (exact) mass is 240 g/mol. The summed E-state index contributed by atoms with van der Waals surface area (Å²) in [6, 6.07) is 0. The van der Waals surface area contributed by atoms with E-state index in [1.54, 1.807) is 0 Å². The zero-order valence-corrected chi connectivity index (χ0v) is 10.7. The molecule has 0 aliphatic carbocycles. The molecule has 0 unspecified atom stereocenters. The van der Waals surface area contributed by atoms with Crippen molar-refractivity contribution in [2.75, 3.05) is 26.2 Å². The molecule has 0 bridgehead atoms. The molecule has 0 saturated carbocycles. The van der Waals surface area contributed by atoms with Crippen molar-refractivity contribution in [3.8, 4) is 0 Å². The first-order valence-corrected chi connectivity index (χ1v) is 6.90. The van der Waals surface area contributed by atoms with E-state index in [0.717, 1.165) is 51.9 Å². The lowest BCUT2D eigenvalue weighted by molar-refractivity contribution is -0.140. The van der Waals surface area contributed by atoms with Gasteiger partial charge in [-0.2, -0.15) is 0 Å². The van der Waals surface area contributed by atoms with E-state index >= 15 is 0 Å². The van der Waals surface area contributed by atoms with Crippen molar-refractivity contribution >= 4 is 5.91 Å². The second-order valence-corrected chi connectivity index (χ2v) is 5.33. The van der Waals surface area contributed by atoms with Gasteiger partial charge >= 0.3 is 0 Å². The van der Waals surface area contributed by atoms with Crippen molar-refractivity contribution in [1.29, 1.82) is 0 Å². The zero-order valence-electron chi connectivity index (χ0n) is 10.7. The average Bonchev–Trinajstić information content (AvgIpc) is 2.39. The fraction of sp³-hybridized carbons (Fsp3) is 0.923. The summed E-state index contributed by atoms with van der Waals surface area (Å²) < 4.78 is 0. The van der Waals surface area contributed by atoms with Gasteiger partial charge in [0, 0.05) is 24.9 Å². The van der Waals surface area contributed by atoms with Crippen molar-refractivity contribution in [2.24, 2.45) is 11.8 Å². The molecular weight excluding hydrogens is 216 g/mol. The van der Waals surface area contributed by atoms with Crippen LogP contribution in [0.5, 0.6) is 0 Å². The molecule has 2 saturated heterocycles. The van der Waals surface area contributed by atoms with Gasteiger partial charge in [-0.15, -0.1) is 0 Å². The topological polar surface area (TPSA) is 52.6 Å². The first kappa shape index (κ1) is 12.8. The van der Waals surface area contributed by atoms with E-state index in [1.807, 2.05) is 4.90 Å². The van der Waals surface area contributed by atoms with Gasteiger partial charge in [-0.1, -0.05) is 6.92 Å². The number of nitrogens with zero attached hydrogens (tertiary/aromatic N) is 1. The minimum atomic E-state index is -0.211. The SMILES string of the molecule is CC[C@H]1CN(C(=O)C2CCNCC2)CC[C@H]1O. The predicted molar refractivity (Wildman–Crippen MR) is 66.6 cm³/mol. The standard InChI is InChI=1S/C13H24N2O2/c1-2-10-9-15(8-5-12(10)16)13(17)11-3-6-14-7-4-11/h10-12,14,16H,2-9H2,1H3/t10-,12+/m0/s1. The maximum absolute atomic E-state index is 12.3. The molecule has 0 aromatic rings. The molecule has 2 N–H and O–H groups in total. The number of carbonyl (C=O) groups excluding carboxylic acids is 1. The van der Waals surface area contributed by atoms with Crippen molar-refractivity contribution in [1.82, 2.24) is 10.2 Å². The van der Waals surface area contributed by atoms with Crippen LogP contribution in [0.2, 0.25) is 0 Å². The Hall–Kier alpha value is -0.610. The molecule has 4 heteroatoms. The van der Waals surface area contributed by atoms with Gasteiger partial charge in [-0.25, -0.2) is 0 Å². The van der Waals surface area contributed by atoms with Gasteiger partial charge in [-0.3, -0.25) is 4.79 Å². The number of hydrogen-bond acceptors (Lipinski definition) is 3. The van der Waals surface area contributed by atoms with Crippen LogP contribution in [0.3, 0.4) is 0 Å². The smallest absolute Gasteiger partial charge is 0.225 e. The van der Waals surface area contributed by atoms with Gasteiger partial charge in [0.25, 0.3) is 0 Å². The molecule has 0 aromatic heterocycles. The molecule has 1 amide bonds. The Bertz CT molecular complexity index is 264. The maximum Gasteiger partial charge on any atom is 0.225 e. The van der Waals surface area contributed by atoms with Gasteiger partial charge in [0.15, 0.2) is 0 Å². The van der Waals surface area contributed by atoms with Crippen molar-refractivity contribution in [3.63, 3.8) is 0 Å². The molecule has 2 aliphatic heterocycles. The largest absolute Gasteiger partial charge is 0.393 e. The second-order valence-electron chi connectivity index (χ2n) is 5.33. The molecule has 2 heterocycles. The van der Waals surface area contributed by atoms with Crippen LogP contribution in [0.4, 0.5) is 0 Å². The molecular formula is C13H24N2O2. The summed E-state index contributed by atoms with van der Waals surface area (Å²) in [5.41, 5.74) is 0. The van der Waals surface area contributed by atoms with Crippen LogP contribution in [-0.4, -0.2) is 48.2 Å². The zero-order chi connectivity index (χ0) is 12.3. The quantitative estimate of drug-likeness (QED) is 0.743. The number of carbonyl (C=O) groups is 1. The fourth-order valence-corrected chi connectivity index (χ4v) is 2.95. The minimum absolute atomic E-state index is 0.211. The van der Waals surface area contributed by atoms with Crippen LogP contribution >= 0.6 is 0 Å². The molecule has 0 radical (unpaired) electrons. The molecule has 2 aliphatic rings. The molecule has 2 atom stereocenters. The van der Waals surface area contributed by atoms with Crippen LogP contribution in [-0.2, 0) is 4.79 Å². The number of hydrogen-bond donors (Lipinski definition) is 2. The number of piperidine rings is 2. The number of amides is 1. The summed E-state index contributed by atoms with van der Waals surface area (Å²) in [4.78, 5) is 14.3. The van der Waals surface area contributed by atoms with Gasteiger partial charge < -0.3 is 15.3 Å². The first-order valence-electron chi connectivity index (χ1n) is 6.90. The van der Waals surface area contributed by atoms with Crippen LogP contribution in [0.25, 0.3) is 0 Å². The third-order valence-corrected chi connectivity index (χ3v) is 4.22. The Kier molecular flexibility index (Phi) is 4.40. The van der Waals surface area contributed by atoms with Gasteiger partial charge in [0.05, 0.1) is 6.10 Å². The van der Waals surface area contributed by atoms with E-state index < -0.39 is 0 Å². The highest BCUT2D eigenvalue weighted by molar-refractivity contribution is 5.79. The second kappa shape index (κ2) is 5.83. The summed E-state index contributed by atoms with van der Waals surface area (Å²) in [5, 5.41) is 13.1. The van der Waals surface area contributed by atoms with E-state index in [-0.39, 0.29) is 17.9 Å². The highest BCUT2D eigenvalue weighted by Gasteiger charge is 2.32. The van der Waals surface area contributed by atoms with Gasteiger partial charge in [-0.05, 0) is 38.8 Å². The summed E-state index contributed by atoms with van der Waals surface area (Å²) in [7, 11) is 0. The number of aliphatic hydroxyl groups excluding tert-OH is 1. The summed E-state index contributed by atoms with van der Waals surface area (Å²) in [6.07, 6.45) is 3.42. The summed E-state index contributed by atoms with van der Waals surface area (Å²) in [5.74, 6) is 0.801. The summed E-state index contributed by atoms with van der Waals surface area (Å²) >= 11 is 0. The Morgan fingerprint density at radius 3 is 2.71 bits per heavy atom. The predicted octanol–water partition coefficient (Wildman–Crippen LogP) is 0.605. The third-order valence-electron chi connectivity index (χ3n) is 4.22. The Balaban J connectivity index is 1.90. The molecule has 98 valence electrons.